The van der Waals surface area contributed by atoms with Gasteiger partial charge in [0.1, 0.15) is 13.2 Å². The van der Waals surface area contributed by atoms with Gasteiger partial charge in [0.25, 0.3) is 5.91 Å². The van der Waals surface area contributed by atoms with Gasteiger partial charge in [-0.2, -0.15) is 0 Å². The minimum Gasteiger partial charge on any atom is -0.487 e. The molecule has 0 bridgehead atoms. The van der Waals surface area contributed by atoms with Crippen LogP contribution in [-0.2, 0) is 52.2 Å². The van der Waals surface area contributed by atoms with Crippen LogP contribution in [0.25, 0.3) is 0 Å². The summed E-state index contributed by atoms with van der Waals surface area (Å²) in [6.45, 7) is 5.13. The molecule has 2 heterocycles. The van der Waals surface area contributed by atoms with E-state index in [0.29, 0.717) is 96.5 Å². The fourth-order valence-electron chi connectivity index (χ4n) is 3.81. The monoisotopic (exact) mass is 617 g/mol. The molecular formula is C28H43NO14. The quantitative estimate of drug-likeness (QED) is 0.478. The molecular weight excluding hydrogens is 574 g/mol. The topological polar surface area (TPSA) is 168 Å². The van der Waals surface area contributed by atoms with E-state index in [0.717, 1.165) is 0 Å². The second kappa shape index (κ2) is 22.0. The summed E-state index contributed by atoms with van der Waals surface area (Å²) in [6.07, 6.45) is -3.11. The van der Waals surface area contributed by atoms with Gasteiger partial charge in [0.05, 0.1) is 106 Å². The molecule has 2 N–H and O–H groups in total. The number of carboxylic acids is 1. The number of ether oxygens (including phenoxy) is 11. The first-order valence-electron chi connectivity index (χ1n) is 14.4. The zero-order valence-corrected chi connectivity index (χ0v) is 24.4. The molecule has 1 amide bonds. The zero-order valence-electron chi connectivity index (χ0n) is 24.4. The molecule has 1 aromatic carbocycles. The molecule has 2 atom stereocenters. The highest BCUT2D eigenvalue weighted by Crippen LogP contribution is 2.31. The van der Waals surface area contributed by atoms with Crippen LogP contribution in [0.3, 0.4) is 0 Å². The van der Waals surface area contributed by atoms with Gasteiger partial charge in [-0.25, -0.2) is 4.79 Å². The van der Waals surface area contributed by atoms with E-state index in [2.05, 4.69) is 5.32 Å². The normalized spacial score (nSPS) is 23.8. The summed E-state index contributed by atoms with van der Waals surface area (Å²) in [6, 6.07) is 4.82. The third kappa shape index (κ3) is 14.6. The summed E-state index contributed by atoms with van der Waals surface area (Å²) in [5.41, 5.74) is 0.333. The smallest absolute Gasteiger partial charge is 0.336 e. The number of benzene rings is 1. The number of carboxylic acid groups (broad SMARTS) is 1. The molecule has 0 spiro atoms. The van der Waals surface area contributed by atoms with Gasteiger partial charge in [0, 0.05) is 11.8 Å². The molecule has 0 radical (unpaired) electrons. The van der Waals surface area contributed by atoms with Gasteiger partial charge in [0.2, 0.25) is 0 Å². The SMILES string of the molecule is O=C(O)[C@@H]1OCCOCCOCCOCCOCCO[C@H]1C(=O)Nc1ccc2c(c1)OCCOCCOCCOCCO2. The van der Waals surface area contributed by atoms with Crippen LogP contribution in [0.1, 0.15) is 0 Å². The molecule has 0 saturated carbocycles. The Morgan fingerprint density at radius 1 is 0.535 bits per heavy atom. The third-order valence-corrected chi connectivity index (χ3v) is 5.87. The first-order chi connectivity index (χ1) is 21.1. The van der Waals surface area contributed by atoms with Gasteiger partial charge in [0.15, 0.2) is 23.7 Å². The van der Waals surface area contributed by atoms with Crippen LogP contribution in [0.15, 0.2) is 18.2 Å². The molecule has 0 aliphatic carbocycles. The van der Waals surface area contributed by atoms with E-state index in [4.69, 9.17) is 52.1 Å². The van der Waals surface area contributed by atoms with Crippen LogP contribution in [0.5, 0.6) is 11.5 Å². The molecule has 43 heavy (non-hydrogen) atoms. The molecule has 244 valence electrons. The Hall–Kier alpha value is -2.60. The second-order valence-electron chi connectivity index (χ2n) is 9.06. The van der Waals surface area contributed by atoms with E-state index >= 15 is 0 Å². The maximum absolute atomic E-state index is 13.4. The predicted octanol–water partition coefficient (Wildman–Crippen LogP) is 0.381. The Bertz CT molecular complexity index is 919. The van der Waals surface area contributed by atoms with Crippen LogP contribution in [0, 0.1) is 0 Å². The molecule has 1 aromatic rings. The van der Waals surface area contributed by atoms with Crippen molar-refractivity contribution in [3.63, 3.8) is 0 Å². The minimum absolute atomic E-state index is 0.0565. The van der Waals surface area contributed by atoms with E-state index in [-0.39, 0.29) is 39.6 Å². The first kappa shape index (κ1) is 34.9. The average molecular weight is 618 g/mol. The van der Waals surface area contributed by atoms with Crippen molar-refractivity contribution < 1.29 is 66.8 Å². The Kier molecular flexibility index (Phi) is 17.8. The van der Waals surface area contributed by atoms with Crippen LogP contribution in [-0.4, -0.2) is 148 Å². The van der Waals surface area contributed by atoms with E-state index in [1.165, 1.54) is 0 Å². The molecule has 3 rings (SSSR count). The summed E-state index contributed by atoms with van der Waals surface area (Å²) in [4.78, 5) is 25.5. The highest BCUT2D eigenvalue weighted by Gasteiger charge is 2.36. The van der Waals surface area contributed by atoms with Crippen molar-refractivity contribution >= 4 is 17.6 Å². The molecule has 15 heteroatoms. The van der Waals surface area contributed by atoms with Crippen LogP contribution in [0.2, 0.25) is 0 Å². The average Bonchev–Trinajstić information content (AvgIpc) is 3.00. The van der Waals surface area contributed by atoms with Crippen LogP contribution >= 0.6 is 0 Å². The summed E-state index contributed by atoms with van der Waals surface area (Å²) in [5, 5.41) is 12.6. The zero-order chi connectivity index (χ0) is 30.4. The summed E-state index contributed by atoms with van der Waals surface area (Å²) >= 11 is 0. The lowest BCUT2D eigenvalue weighted by Crippen LogP contribution is -2.47. The summed E-state index contributed by atoms with van der Waals surface area (Å²) < 4.78 is 61.0. The van der Waals surface area contributed by atoms with E-state index < -0.39 is 24.1 Å². The Labute approximate surface area is 250 Å². The van der Waals surface area contributed by atoms with Crippen molar-refractivity contribution in [1.29, 1.82) is 0 Å². The number of aliphatic carboxylic acids is 1. The molecule has 0 aromatic heterocycles. The second-order valence-corrected chi connectivity index (χ2v) is 9.06. The van der Waals surface area contributed by atoms with E-state index in [1.807, 2.05) is 0 Å². The van der Waals surface area contributed by atoms with Crippen molar-refractivity contribution in [2.45, 2.75) is 12.2 Å². The van der Waals surface area contributed by atoms with Crippen molar-refractivity contribution in [2.24, 2.45) is 0 Å². The first-order valence-corrected chi connectivity index (χ1v) is 14.4. The number of nitrogens with one attached hydrogen (secondary N) is 1. The number of hydrogen-bond donors (Lipinski definition) is 2. The number of carbonyl (C=O) groups is 2. The Balaban J connectivity index is 1.67. The Morgan fingerprint density at radius 3 is 1.40 bits per heavy atom. The van der Waals surface area contributed by atoms with E-state index in [9.17, 15) is 14.7 Å². The Morgan fingerprint density at radius 2 is 0.930 bits per heavy atom. The van der Waals surface area contributed by atoms with Crippen molar-refractivity contribution in [3.05, 3.63) is 18.2 Å². The van der Waals surface area contributed by atoms with Gasteiger partial charge in [-0.1, -0.05) is 0 Å². The van der Waals surface area contributed by atoms with Crippen LogP contribution < -0.4 is 14.8 Å². The largest absolute Gasteiger partial charge is 0.487 e. The van der Waals surface area contributed by atoms with Crippen LogP contribution in [0.4, 0.5) is 5.69 Å². The van der Waals surface area contributed by atoms with Gasteiger partial charge in [-0.15, -0.1) is 0 Å². The summed E-state index contributed by atoms with van der Waals surface area (Å²) in [7, 11) is 0. The number of fused-ring (bicyclic) bond motifs is 1. The lowest BCUT2D eigenvalue weighted by Gasteiger charge is -2.24. The van der Waals surface area contributed by atoms with Gasteiger partial charge < -0.3 is 62.5 Å². The number of hydrogen-bond acceptors (Lipinski definition) is 13. The lowest BCUT2D eigenvalue weighted by molar-refractivity contribution is -0.169. The molecule has 15 nitrogen and oxygen atoms in total. The standard InChI is InChI=1S/C28H43NO14/c30-27(25-26(28(31)32)43-20-16-39-12-8-34-4-3-33-7-11-38-15-19-42-25)29-22-1-2-23-24(21-22)41-18-14-37-10-6-35-5-9-36-13-17-40-23/h1-2,21,25-26H,3-20H2,(H,29,30)(H,31,32)/t25-,26-/m1/s1. The molecule has 1 fully saturated rings. The lowest BCUT2D eigenvalue weighted by atomic mass is 10.1. The van der Waals surface area contributed by atoms with Gasteiger partial charge >= 0.3 is 5.97 Å². The third-order valence-electron chi connectivity index (χ3n) is 5.87. The van der Waals surface area contributed by atoms with Crippen molar-refractivity contribution in [2.75, 3.05) is 124 Å². The molecule has 2 aliphatic rings. The molecule has 2 aliphatic heterocycles. The fraction of sp³-hybridized carbons (Fsp3) is 0.714. The highest BCUT2D eigenvalue weighted by molar-refractivity contribution is 5.97. The van der Waals surface area contributed by atoms with Crippen molar-refractivity contribution in [1.82, 2.24) is 0 Å². The van der Waals surface area contributed by atoms with Gasteiger partial charge in [-0.3, -0.25) is 4.79 Å². The fourth-order valence-corrected chi connectivity index (χ4v) is 3.81. The van der Waals surface area contributed by atoms with Gasteiger partial charge in [-0.05, 0) is 12.1 Å². The maximum atomic E-state index is 13.4. The van der Waals surface area contributed by atoms with E-state index in [1.54, 1.807) is 18.2 Å². The molecule has 0 unspecified atom stereocenters. The maximum Gasteiger partial charge on any atom is 0.336 e. The number of rotatable bonds is 3. The number of amides is 1. The highest BCUT2D eigenvalue weighted by atomic mass is 16.6. The number of anilines is 1. The minimum atomic E-state index is -1.61. The van der Waals surface area contributed by atoms with Crippen molar-refractivity contribution in [3.8, 4) is 11.5 Å². The predicted molar refractivity (Wildman–Crippen MR) is 149 cm³/mol. The molecule has 1 saturated heterocycles. The summed E-state index contributed by atoms with van der Waals surface area (Å²) in [5.74, 6) is -1.29. The number of carbonyl (C=O) groups excluding carboxylic acids is 1.